The van der Waals surface area contributed by atoms with Crippen LogP contribution in [0.3, 0.4) is 0 Å². The lowest BCUT2D eigenvalue weighted by molar-refractivity contribution is -0.384. The second-order valence-electron chi connectivity index (χ2n) is 14.6. The maximum absolute atomic E-state index is 13.6. The van der Waals surface area contributed by atoms with Crippen LogP contribution in [0.25, 0.3) is 11.1 Å². The van der Waals surface area contributed by atoms with Gasteiger partial charge in [0.1, 0.15) is 5.69 Å². The molecular formula is C44H46ClN5O6S. The molecule has 2 aliphatic rings. The van der Waals surface area contributed by atoms with Gasteiger partial charge in [-0.25, -0.2) is 13.1 Å². The van der Waals surface area contributed by atoms with E-state index in [1.807, 2.05) is 48.5 Å². The van der Waals surface area contributed by atoms with Gasteiger partial charge in [0.2, 0.25) is 0 Å². The molecule has 0 aliphatic carbocycles. The van der Waals surface area contributed by atoms with Crippen molar-refractivity contribution in [3.05, 3.63) is 153 Å². The molecule has 5 aromatic carbocycles. The number of nitro groups is 1. The maximum atomic E-state index is 13.6. The summed E-state index contributed by atoms with van der Waals surface area (Å²) in [5, 5.41) is 15.8. The molecule has 0 aromatic heterocycles. The van der Waals surface area contributed by atoms with Gasteiger partial charge in [0, 0.05) is 74.8 Å². The highest BCUT2D eigenvalue weighted by molar-refractivity contribution is 7.90. The van der Waals surface area contributed by atoms with Gasteiger partial charge in [0.05, 0.1) is 9.82 Å². The van der Waals surface area contributed by atoms with Gasteiger partial charge in [-0.05, 0) is 102 Å². The van der Waals surface area contributed by atoms with E-state index in [1.165, 1.54) is 23.3 Å². The van der Waals surface area contributed by atoms with Crippen LogP contribution in [0.15, 0.2) is 120 Å². The van der Waals surface area contributed by atoms with E-state index in [0.717, 1.165) is 80.4 Å². The SMILES string of the molecule is O=C(NS(=O)(=O)c1ccc(NCC2CCOCC2)c([N+](=O)[O-])c1)c1ccc(N2CCN(Cc3ccccc3-c3ccc(Cl)cc3)CC2)c(CCc2ccccc2)c1. The van der Waals surface area contributed by atoms with Crippen LogP contribution >= 0.6 is 11.6 Å². The Hall–Kier alpha value is -5.27. The third-order valence-electron chi connectivity index (χ3n) is 10.8. The van der Waals surface area contributed by atoms with Gasteiger partial charge in [-0.15, -0.1) is 0 Å². The highest BCUT2D eigenvalue weighted by atomic mass is 35.5. The fraction of sp³-hybridized carbons (Fsp3) is 0.295. The molecule has 0 spiro atoms. The molecule has 57 heavy (non-hydrogen) atoms. The number of benzene rings is 5. The molecule has 1 amide bonds. The lowest BCUT2D eigenvalue weighted by Gasteiger charge is -2.37. The highest BCUT2D eigenvalue weighted by Gasteiger charge is 2.26. The topological polar surface area (TPSA) is 134 Å². The van der Waals surface area contributed by atoms with Crippen LogP contribution in [0.5, 0.6) is 0 Å². The minimum absolute atomic E-state index is 0.187. The van der Waals surface area contributed by atoms with E-state index in [0.29, 0.717) is 37.1 Å². The molecule has 2 fully saturated rings. The van der Waals surface area contributed by atoms with Gasteiger partial charge in [0.25, 0.3) is 21.6 Å². The number of hydrogen-bond donors (Lipinski definition) is 2. The van der Waals surface area contributed by atoms with E-state index in [4.69, 9.17) is 16.3 Å². The number of nitro benzene ring substituents is 1. The molecule has 0 bridgehead atoms. The molecule has 2 N–H and O–H groups in total. The zero-order valence-corrected chi connectivity index (χ0v) is 33.2. The first kappa shape index (κ1) is 39.9. The summed E-state index contributed by atoms with van der Waals surface area (Å²) >= 11 is 6.16. The van der Waals surface area contributed by atoms with Crippen molar-refractivity contribution in [2.24, 2.45) is 5.92 Å². The van der Waals surface area contributed by atoms with Gasteiger partial charge in [-0.1, -0.05) is 78.3 Å². The number of ether oxygens (including phenoxy) is 1. The highest BCUT2D eigenvalue weighted by Crippen LogP contribution is 2.31. The van der Waals surface area contributed by atoms with E-state index in [2.05, 4.69) is 56.2 Å². The number of rotatable bonds is 14. The second-order valence-corrected chi connectivity index (χ2v) is 16.7. The molecule has 0 radical (unpaired) electrons. The van der Waals surface area contributed by atoms with E-state index in [1.54, 1.807) is 12.1 Å². The van der Waals surface area contributed by atoms with Crippen molar-refractivity contribution in [2.45, 2.75) is 37.1 Å². The number of sulfonamides is 1. The van der Waals surface area contributed by atoms with Crippen molar-refractivity contribution in [3.63, 3.8) is 0 Å². The van der Waals surface area contributed by atoms with Gasteiger partial charge in [0.15, 0.2) is 0 Å². The minimum Gasteiger partial charge on any atom is -0.381 e. The molecule has 2 aliphatic heterocycles. The fourth-order valence-electron chi connectivity index (χ4n) is 7.54. The third-order valence-corrected chi connectivity index (χ3v) is 12.4. The van der Waals surface area contributed by atoms with Crippen molar-refractivity contribution >= 4 is 44.6 Å². The lowest BCUT2D eigenvalue weighted by Crippen LogP contribution is -2.46. The predicted octanol–water partition coefficient (Wildman–Crippen LogP) is 7.98. The first-order valence-corrected chi connectivity index (χ1v) is 21.1. The number of halogens is 1. The zero-order valence-electron chi connectivity index (χ0n) is 31.6. The molecule has 0 unspecified atom stereocenters. The lowest BCUT2D eigenvalue weighted by atomic mass is 9.98. The van der Waals surface area contributed by atoms with Crippen LogP contribution in [-0.4, -0.2) is 70.1 Å². The normalized spacial score (nSPS) is 15.3. The summed E-state index contributed by atoms with van der Waals surface area (Å²) < 4.78 is 34.5. The molecule has 0 atom stereocenters. The molecule has 11 nitrogen and oxygen atoms in total. The van der Waals surface area contributed by atoms with Gasteiger partial charge in [-0.2, -0.15) is 0 Å². The number of carbonyl (C=O) groups excluding carboxylic acids is 1. The monoisotopic (exact) mass is 807 g/mol. The van der Waals surface area contributed by atoms with Crippen LogP contribution in [0.2, 0.25) is 5.02 Å². The minimum atomic E-state index is -4.44. The van der Waals surface area contributed by atoms with Crippen molar-refractivity contribution < 1.29 is 22.9 Å². The van der Waals surface area contributed by atoms with Crippen LogP contribution in [0.1, 0.15) is 39.9 Å². The maximum Gasteiger partial charge on any atom is 0.293 e. The number of hydrogen-bond acceptors (Lipinski definition) is 9. The summed E-state index contributed by atoms with van der Waals surface area (Å²) in [6.45, 7) is 5.82. The number of anilines is 2. The Labute approximate surface area is 338 Å². The average molecular weight is 808 g/mol. The number of amides is 1. The fourth-order valence-corrected chi connectivity index (χ4v) is 8.66. The summed E-state index contributed by atoms with van der Waals surface area (Å²) in [6, 6.07) is 35.4. The third kappa shape index (κ3) is 10.2. The standard InChI is InChI=1S/C44H46ClN5O6S/c45-38-15-12-34(13-16-38)40-9-5-4-8-37(40)31-48-22-24-49(25-23-48)42-19-14-36(28-35(42)11-10-32-6-2-1-3-7-32)44(51)47-57(54,55)39-17-18-41(43(29-39)50(52)53)46-30-33-20-26-56-27-21-33/h1-9,12-19,28-29,33,46H,10-11,20-27,30-31H2,(H,47,51). The van der Waals surface area contributed by atoms with Crippen LogP contribution in [-0.2, 0) is 34.1 Å². The molecule has 5 aromatic rings. The van der Waals surface area contributed by atoms with Crippen molar-refractivity contribution in [2.75, 3.05) is 56.2 Å². The first-order valence-electron chi connectivity index (χ1n) is 19.3. The Morgan fingerprint density at radius 1 is 0.825 bits per heavy atom. The number of piperazine rings is 1. The number of carbonyl (C=O) groups is 1. The molecule has 2 heterocycles. The van der Waals surface area contributed by atoms with Crippen LogP contribution in [0.4, 0.5) is 17.1 Å². The smallest absolute Gasteiger partial charge is 0.293 e. The van der Waals surface area contributed by atoms with E-state index in [-0.39, 0.29) is 21.8 Å². The Balaban J connectivity index is 1.05. The molecule has 296 valence electrons. The van der Waals surface area contributed by atoms with Gasteiger partial charge >= 0.3 is 0 Å². The van der Waals surface area contributed by atoms with Crippen molar-refractivity contribution in [1.29, 1.82) is 0 Å². The largest absolute Gasteiger partial charge is 0.381 e. The van der Waals surface area contributed by atoms with Gasteiger partial charge < -0.3 is 15.0 Å². The summed E-state index contributed by atoms with van der Waals surface area (Å²) in [7, 11) is -4.44. The Bertz CT molecular complexity index is 2290. The molecule has 7 rings (SSSR count). The Morgan fingerprint density at radius 3 is 2.28 bits per heavy atom. The molecule has 2 saturated heterocycles. The Morgan fingerprint density at radius 2 is 1.54 bits per heavy atom. The summed E-state index contributed by atoms with van der Waals surface area (Å²) in [5.41, 5.74) is 6.67. The number of aryl methyl sites for hydroxylation is 2. The molecular weight excluding hydrogens is 762 g/mol. The number of nitrogens with zero attached hydrogens (tertiary/aromatic N) is 3. The quantitative estimate of drug-likeness (QED) is 0.0847. The van der Waals surface area contributed by atoms with Crippen molar-refractivity contribution in [1.82, 2.24) is 9.62 Å². The number of nitrogens with one attached hydrogen (secondary N) is 2. The van der Waals surface area contributed by atoms with E-state index in [9.17, 15) is 23.3 Å². The summed E-state index contributed by atoms with van der Waals surface area (Å²) in [6.07, 6.45) is 3.05. The summed E-state index contributed by atoms with van der Waals surface area (Å²) in [5.74, 6) is -0.514. The average Bonchev–Trinajstić information content (AvgIpc) is 3.23. The van der Waals surface area contributed by atoms with Gasteiger partial charge in [-0.3, -0.25) is 19.8 Å². The predicted molar refractivity (Wildman–Crippen MR) is 224 cm³/mol. The Kier molecular flexibility index (Phi) is 12.8. The first-order chi connectivity index (χ1) is 27.6. The van der Waals surface area contributed by atoms with Crippen LogP contribution in [0, 0.1) is 16.0 Å². The van der Waals surface area contributed by atoms with Crippen LogP contribution < -0.4 is 14.9 Å². The van der Waals surface area contributed by atoms with E-state index < -0.39 is 20.9 Å². The zero-order chi connectivity index (χ0) is 39.8. The second kappa shape index (κ2) is 18.3. The van der Waals surface area contributed by atoms with Crippen molar-refractivity contribution in [3.8, 4) is 11.1 Å². The molecule has 13 heteroatoms. The summed E-state index contributed by atoms with van der Waals surface area (Å²) in [4.78, 5) is 29.4. The molecule has 0 saturated carbocycles. The van der Waals surface area contributed by atoms with E-state index >= 15 is 0 Å².